The number of benzene rings is 4. The summed E-state index contributed by atoms with van der Waals surface area (Å²) in [7, 11) is 0. The van der Waals surface area contributed by atoms with Gasteiger partial charge in [-0.15, -0.1) is 0 Å². The zero-order valence-electron chi connectivity index (χ0n) is 28.9. The first-order valence-corrected chi connectivity index (χ1v) is 17.6. The Kier molecular flexibility index (Phi) is 14.6. The van der Waals surface area contributed by atoms with Crippen LogP contribution in [0.5, 0.6) is 0 Å². The fourth-order valence-corrected chi connectivity index (χ4v) is 6.05. The average molecular weight is 681 g/mol. The summed E-state index contributed by atoms with van der Waals surface area (Å²) in [4.78, 5) is 26.6. The zero-order valence-corrected chi connectivity index (χ0v) is 28.9. The Morgan fingerprint density at radius 1 is 0.400 bits per heavy atom. The summed E-state index contributed by atoms with van der Waals surface area (Å²) in [6, 6.07) is 39.2. The maximum Gasteiger partial charge on any atom is 0.306 e. The molecule has 0 N–H and O–H groups in total. The van der Waals surface area contributed by atoms with Gasteiger partial charge in [0, 0.05) is 12.8 Å². The first-order valence-electron chi connectivity index (χ1n) is 17.6. The first-order chi connectivity index (χ1) is 24.6. The van der Waals surface area contributed by atoms with Crippen molar-refractivity contribution >= 4 is 11.9 Å². The quantitative estimate of drug-likeness (QED) is 0.0986. The van der Waals surface area contributed by atoms with Gasteiger partial charge < -0.3 is 28.4 Å². The molecule has 0 saturated heterocycles. The van der Waals surface area contributed by atoms with E-state index < -0.39 is 48.6 Å². The molecule has 0 aliphatic heterocycles. The van der Waals surface area contributed by atoms with Crippen LogP contribution in [0, 0.1) is 0 Å². The van der Waals surface area contributed by atoms with Crippen molar-refractivity contribution in [2.45, 2.75) is 103 Å². The molecule has 1 fully saturated rings. The van der Waals surface area contributed by atoms with E-state index in [1.54, 1.807) is 0 Å². The number of rotatable bonds is 18. The van der Waals surface area contributed by atoms with Crippen LogP contribution >= 0.6 is 0 Å². The van der Waals surface area contributed by atoms with E-state index in [0.717, 1.165) is 22.3 Å². The number of esters is 2. The van der Waals surface area contributed by atoms with E-state index in [-0.39, 0.29) is 39.3 Å². The minimum atomic E-state index is -1.04. The lowest BCUT2D eigenvalue weighted by molar-refractivity contribution is -0.281. The molecule has 0 unspecified atom stereocenters. The van der Waals surface area contributed by atoms with E-state index >= 15 is 0 Å². The van der Waals surface area contributed by atoms with Gasteiger partial charge in [-0.3, -0.25) is 9.59 Å². The molecule has 1 aliphatic rings. The van der Waals surface area contributed by atoms with Crippen molar-refractivity contribution in [2.24, 2.45) is 0 Å². The van der Waals surface area contributed by atoms with Gasteiger partial charge in [0.25, 0.3) is 0 Å². The van der Waals surface area contributed by atoms with Crippen LogP contribution in [-0.2, 0) is 64.4 Å². The van der Waals surface area contributed by atoms with Crippen LogP contribution in [0.2, 0.25) is 0 Å². The molecule has 1 aliphatic carbocycles. The van der Waals surface area contributed by atoms with Crippen LogP contribution in [0.3, 0.4) is 0 Å². The van der Waals surface area contributed by atoms with Gasteiger partial charge in [-0.05, 0) is 35.1 Å². The lowest BCUT2D eigenvalue weighted by Gasteiger charge is -2.49. The number of carbonyl (C=O) groups excluding carboxylic acids is 2. The molecule has 0 amide bonds. The molecule has 4 aromatic carbocycles. The fourth-order valence-electron chi connectivity index (χ4n) is 6.05. The lowest BCUT2D eigenvalue weighted by Crippen LogP contribution is -2.68. The first kappa shape index (κ1) is 36.9. The van der Waals surface area contributed by atoms with Gasteiger partial charge in [0.15, 0.2) is 12.2 Å². The van der Waals surface area contributed by atoms with Crippen molar-refractivity contribution in [3.05, 3.63) is 144 Å². The van der Waals surface area contributed by atoms with Gasteiger partial charge in [-0.1, -0.05) is 135 Å². The molecule has 0 aromatic heterocycles. The predicted molar refractivity (Wildman–Crippen MR) is 190 cm³/mol. The lowest BCUT2D eigenvalue weighted by atomic mass is 9.83. The van der Waals surface area contributed by atoms with Crippen LogP contribution in [0.4, 0.5) is 0 Å². The standard InChI is InChI=1S/C42H48O8/c1-3-17-35(43)49-41-39(47-29-33-23-13-7-14-24-33)37(45-27-31-19-9-5-10-20-31)38(46-28-32-21-11-6-12-22-32)40(42(41)50-36(44)18-4-2)48-30-34-25-15-8-16-26-34/h5-16,19-26,37-42H,3-4,17-18,27-30H2,1-2H3/t37-,38-,39+,40+,41-,42+/m1/s1. The largest absolute Gasteiger partial charge is 0.455 e. The molecular weight excluding hydrogens is 632 g/mol. The number of hydrogen-bond acceptors (Lipinski definition) is 8. The van der Waals surface area contributed by atoms with Gasteiger partial charge in [0.05, 0.1) is 26.4 Å². The molecule has 6 atom stereocenters. The van der Waals surface area contributed by atoms with E-state index in [4.69, 9.17) is 28.4 Å². The summed E-state index contributed by atoms with van der Waals surface area (Å²) < 4.78 is 39.4. The molecule has 0 heterocycles. The summed E-state index contributed by atoms with van der Waals surface area (Å²) in [5.74, 6) is -0.843. The SMILES string of the molecule is CCCC(=O)O[C@@H]1[C@@H](OCc2ccccc2)[C@H](OCc2ccccc2)[C@@H](OCc2ccccc2)[C@H](OCc2ccccc2)[C@@H]1OC(=O)CCC. The molecule has 0 bridgehead atoms. The van der Waals surface area contributed by atoms with Crippen molar-refractivity contribution in [3.63, 3.8) is 0 Å². The van der Waals surface area contributed by atoms with Crippen LogP contribution in [0.25, 0.3) is 0 Å². The molecule has 5 rings (SSSR count). The van der Waals surface area contributed by atoms with Crippen molar-refractivity contribution < 1.29 is 38.0 Å². The van der Waals surface area contributed by atoms with Gasteiger partial charge in [0.1, 0.15) is 24.4 Å². The van der Waals surface area contributed by atoms with Gasteiger partial charge in [0.2, 0.25) is 0 Å². The Morgan fingerprint density at radius 2 is 0.640 bits per heavy atom. The van der Waals surface area contributed by atoms with Gasteiger partial charge >= 0.3 is 11.9 Å². The minimum absolute atomic E-state index is 0.191. The van der Waals surface area contributed by atoms with Crippen molar-refractivity contribution in [3.8, 4) is 0 Å². The molecule has 8 nitrogen and oxygen atoms in total. The monoisotopic (exact) mass is 680 g/mol. The fraction of sp³-hybridized carbons (Fsp3) is 0.381. The molecule has 0 spiro atoms. The molecular formula is C42H48O8. The van der Waals surface area contributed by atoms with E-state index in [1.165, 1.54) is 0 Å². The summed E-state index contributed by atoms with van der Waals surface area (Å²) in [6.45, 7) is 4.71. The summed E-state index contributed by atoms with van der Waals surface area (Å²) >= 11 is 0. The number of ether oxygens (including phenoxy) is 6. The normalized spacial score (nSPS) is 21.7. The third kappa shape index (κ3) is 10.8. The Hall–Kier alpha value is -4.34. The summed E-state index contributed by atoms with van der Waals surface area (Å²) in [5.41, 5.74) is 3.76. The molecule has 264 valence electrons. The highest BCUT2D eigenvalue weighted by atomic mass is 16.6. The Balaban J connectivity index is 1.59. The summed E-state index contributed by atoms with van der Waals surface area (Å²) in [5, 5.41) is 0. The van der Waals surface area contributed by atoms with Gasteiger partial charge in [-0.2, -0.15) is 0 Å². The van der Waals surface area contributed by atoms with E-state index in [1.807, 2.05) is 135 Å². The second kappa shape index (κ2) is 19.7. The van der Waals surface area contributed by atoms with E-state index in [9.17, 15) is 9.59 Å². The Labute approximate surface area is 295 Å². The molecule has 50 heavy (non-hydrogen) atoms. The highest BCUT2D eigenvalue weighted by Gasteiger charge is 2.57. The topological polar surface area (TPSA) is 89.5 Å². The predicted octanol–water partition coefficient (Wildman–Crippen LogP) is 7.77. The number of hydrogen-bond donors (Lipinski definition) is 0. The van der Waals surface area contributed by atoms with E-state index in [0.29, 0.717) is 12.8 Å². The highest BCUT2D eigenvalue weighted by Crippen LogP contribution is 2.36. The molecule has 4 aromatic rings. The third-order valence-electron chi connectivity index (χ3n) is 8.53. The summed E-state index contributed by atoms with van der Waals surface area (Å²) in [6.07, 6.45) is -3.86. The highest BCUT2D eigenvalue weighted by molar-refractivity contribution is 5.71. The van der Waals surface area contributed by atoms with Crippen LogP contribution in [0.1, 0.15) is 61.8 Å². The zero-order chi connectivity index (χ0) is 35.0. The van der Waals surface area contributed by atoms with Crippen LogP contribution < -0.4 is 0 Å². The van der Waals surface area contributed by atoms with Crippen LogP contribution in [0.15, 0.2) is 121 Å². The Morgan fingerprint density at radius 3 is 0.880 bits per heavy atom. The second-order valence-electron chi connectivity index (χ2n) is 12.5. The molecule has 8 heteroatoms. The maximum atomic E-state index is 13.3. The van der Waals surface area contributed by atoms with Gasteiger partial charge in [-0.25, -0.2) is 0 Å². The van der Waals surface area contributed by atoms with Crippen molar-refractivity contribution in [2.75, 3.05) is 0 Å². The number of carbonyl (C=O) groups is 2. The maximum absolute atomic E-state index is 13.3. The third-order valence-corrected chi connectivity index (χ3v) is 8.53. The smallest absolute Gasteiger partial charge is 0.306 e. The second-order valence-corrected chi connectivity index (χ2v) is 12.5. The molecule has 0 radical (unpaired) electrons. The van der Waals surface area contributed by atoms with E-state index in [2.05, 4.69) is 0 Å². The minimum Gasteiger partial charge on any atom is -0.455 e. The molecule has 1 saturated carbocycles. The van der Waals surface area contributed by atoms with Crippen molar-refractivity contribution in [1.29, 1.82) is 0 Å². The average Bonchev–Trinajstić information content (AvgIpc) is 3.15. The van der Waals surface area contributed by atoms with Crippen LogP contribution in [-0.4, -0.2) is 48.6 Å². The Bertz CT molecular complexity index is 1430. The van der Waals surface area contributed by atoms with Crippen molar-refractivity contribution in [1.82, 2.24) is 0 Å².